The minimum atomic E-state index is -0.0221. The van der Waals surface area contributed by atoms with E-state index in [0.29, 0.717) is 22.7 Å². The third kappa shape index (κ3) is 3.89. The number of ether oxygens (including phenoxy) is 1. The molecule has 1 aliphatic rings. The van der Waals surface area contributed by atoms with Crippen LogP contribution in [0.4, 0.5) is 5.95 Å². The Bertz CT molecular complexity index is 516. The van der Waals surface area contributed by atoms with E-state index in [-0.39, 0.29) is 5.60 Å². The summed E-state index contributed by atoms with van der Waals surface area (Å²) in [5.74, 6) is 0.603. The van der Waals surface area contributed by atoms with Gasteiger partial charge in [-0.3, -0.25) is 0 Å². The molecular weight excluding hydrogens is 284 g/mol. The molecule has 6 heteroatoms. The lowest BCUT2D eigenvalue weighted by atomic mass is 9.86. The fourth-order valence-electron chi connectivity index (χ4n) is 2.84. The average Bonchev–Trinajstić information content (AvgIpc) is 2.46. The lowest BCUT2D eigenvalue weighted by Gasteiger charge is -2.40. The van der Waals surface area contributed by atoms with Crippen LogP contribution in [0.5, 0.6) is 0 Å². The Hall–Kier alpha value is -1.27. The van der Waals surface area contributed by atoms with Gasteiger partial charge in [-0.05, 0) is 38.7 Å². The number of anilines is 1. The van der Waals surface area contributed by atoms with Gasteiger partial charge in [-0.15, -0.1) is 0 Å². The Morgan fingerprint density at radius 1 is 1.48 bits per heavy atom. The molecule has 0 saturated carbocycles. The summed E-state index contributed by atoms with van der Waals surface area (Å²) in [7, 11) is 0. The largest absolute Gasteiger partial charge is 0.388 e. The van der Waals surface area contributed by atoms with E-state index in [4.69, 9.17) is 22.7 Å². The molecule has 116 valence electrons. The molecule has 1 aromatic heterocycles. The van der Waals surface area contributed by atoms with E-state index in [2.05, 4.69) is 29.1 Å². The molecule has 0 spiro atoms. The molecule has 1 fully saturated rings. The van der Waals surface area contributed by atoms with E-state index in [9.17, 15) is 0 Å². The van der Waals surface area contributed by atoms with Crippen molar-refractivity contribution in [1.29, 1.82) is 0 Å². The van der Waals surface area contributed by atoms with Gasteiger partial charge in [-0.1, -0.05) is 26.1 Å². The molecule has 21 heavy (non-hydrogen) atoms. The number of nitrogens with one attached hydrogen (secondary N) is 1. The number of thiocarbonyl (C=S) groups is 1. The van der Waals surface area contributed by atoms with Gasteiger partial charge in [0.05, 0.1) is 5.60 Å². The highest BCUT2D eigenvalue weighted by Gasteiger charge is 2.34. The van der Waals surface area contributed by atoms with Crippen LogP contribution in [0.15, 0.2) is 6.07 Å². The van der Waals surface area contributed by atoms with Crippen LogP contribution in [0.1, 0.15) is 50.9 Å². The third-order valence-corrected chi connectivity index (χ3v) is 4.43. The number of nitrogens with two attached hydrogens (primary N) is 1. The van der Waals surface area contributed by atoms with Crippen LogP contribution < -0.4 is 11.1 Å². The summed E-state index contributed by atoms with van der Waals surface area (Å²) < 4.78 is 6.00. The number of aromatic nitrogens is 2. The zero-order chi connectivity index (χ0) is 15.5. The number of aryl methyl sites for hydroxylation is 1. The summed E-state index contributed by atoms with van der Waals surface area (Å²) in [4.78, 5) is 9.13. The molecular formula is C15H24N4OS. The molecule has 0 aliphatic carbocycles. The zero-order valence-electron chi connectivity index (χ0n) is 13.0. The molecule has 0 aromatic carbocycles. The van der Waals surface area contributed by atoms with Crippen molar-refractivity contribution in [3.8, 4) is 0 Å². The number of nitrogens with zero attached hydrogens (tertiary/aromatic N) is 2. The van der Waals surface area contributed by atoms with Crippen molar-refractivity contribution < 1.29 is 4.74 Å². The van der Waals surface area contributed by atoms with Crippen molar-refractivity contribution in [2.45, 2.75) is 58.1 Å². The molecule has 1 aromatic rings. The second-order valence-electron chi connectivity index (χ2n) is 5.66. The fraction of sp³-hybridized carbons (Fsp3) is 0.667. The first kappa shape index (κ1) is 16.1. The normalized spacial score (nSPS) is 21.0. The second-order valence-corrected chi connectivity index (χ2v) is 6.09. The van der Waals surface area contributed by atoms with Gasteiger partial charge in [0.2, 0.25) is 5.95 Å². The highest BCUT2D eigenvalue weighted by molar-refractivity contribution is 7.80. The van der Waals surface area contributed by atoms with Gasteiger partial charge in [-0.25, -0.2) is 9.97 Å². The highest BCUT2D eigenvalue weighted by Crippen LogP contribution is 2.32. The van der Waals surface area contributed by atoms with Crippen molar-refractivity contribution in [3.63, 3.8) is 0 Å². The molecule has 2 rings (SSSR count). The topological polar surface area (TPSA) is 73.1 Å². The van der Waals surface area contributed by atoms with Crippen LogP contribution in [0.25, 0.3) is 0 Å². The van der Waals surface area contributed by atoms with Crippen LogP contribution in [0, 0.1) is 6.92 Å². The molecule has 5 nitrogen and oxygen atoms in total. The summed E-state index contributed by atoms with van der Waals surface area (Å²) >= 11 is 5.00. The van der Waals surface area contributed by atoms with Gasteiger partial charge in [0.15, 0.2) is 0 Å². The Morgan fingerprint density at radius 2 is 2.19 bits per heavy atom. The average molecular weight is 308 g/mol. The summed E-state index contributed by atoms with van der Waals surface area (Å²) in [5.41, 5.74) is 7.12. The van der Waals surface area contributed by atoms with E-state index in [0.717, 1.165) is 38.0 Å². The van der Waals surface area contributed by atoms with Crippen molar-refractivity contribution in [3.05, 3.63) is 17.5 Å². The summed E-state index contributed by atoms with van der Waals surface area (Å²) in [5, 5.41) is 3.42. The Morgan fingerprint density at radius 3 is 2.81 bits per heavy atom. The lowest BCUT2D eigenvalue weighted by molar-refractivity contribution is -0.0865. The quantitative estimate of drug-likeness (QED) is 0.815. The second kappa shape index (κ2) is 6.66. The van der Waals surface area contributed by atoms with Crippen molar-refractivity contribution in [2.75, 3.05) is 11.9 Å². The maximum Gasteiger partial charge on any atom is 0.223 e. The van der Waals surface area contributed by atoms with E-state index in [1.54, 1.807) is 6.07 Å². The minimum absolute atomic E-state index is 0.0221. The van der Waals surface area contributed by atoms with Crippen LogP contribution >= 0.6 is 12.2 Å². The minimum Gasteiger partial charge on any atom is -0.388 e. The standard InChI is InChI=1S/C15H24N4OS/c1-4-15(5-2)9-11(6-7-20-15)18-14-17-10(3)8-12(19-14)13(16)21/h8,11H,4-7,9H2,1-3H3,(H2,16,21)(H,17,18,19). The number of rotatable bonds is 5. The fourth-order valence-corrected chi connectivity index (χ4v) is 2.94. The van der Waals surface area contributed by atoms with Gasteiger partial charge in [0.1, 0.15) is 10.7 Å². The molecule has 1 unspecified atom stereocenters. The van der Waals surface area contributed by atoms with E-state index >= 15 is 0 Å². The van der Waals surface area contributed by atoms with Gasteiger partial charge >= 0.3 is 0 Å². The summed E-state index contributed by atoms with van der Waals surface area (Å²) in [6, 6.07) is 2.12. The smallest absolute Gasteiger partial charge is 0.223 e. The molecule has 1 aliphatic heterocycles. The monoisotopic (exact) mass is 308 g/mol. The molecule has 0 amide bonds. The van der Waals surface area contributed by atoms with E-state index in [1.807, 2.05) is 6.92 Å². The zero-order valence-corrected chi connectivity index (χ0v) is 13.8. The first-order chi connectivity index (χ1) is 9.98. The summed E-state index contributed by atoms with van der Waals surface area (Å²) in [6.45, 7) is 7.05. The molecule has 1 atom stereocenters. The molecule has 1 saturated heterocycles. The molecule has 3 N–H and O–H groups in total. The van der Waals surface area contributed by atoms with Gasteiger partial charge in [-0.2, -0.15) is 0 Å². The Kier molecular flexibility index (Phi) is 5.11. The number of hydrogen-bond acceptors (Lipinski definition) is 5. The first-order valence-electron chi connectivity index (χ1n) is 7.54. The highest BCUT2D eigenvalue weighted by atomic mass is 32.1. The maximum atomic E-state index is 6.00. The van der Waals surface area contributed by atoms with Crippen LogP contribution in [0.3, 0.4) is 0 Å². The first-order valence-corrected chi connectivity index (χ1v) is 7.95. The van der Waals surface area contributed by atoms with Crippen LogP contribution in [-0.2, 0) is 4.74 Å². The van der Waals surface area contributed by atoms with E-state index < -0.39 is 0 Å². The van der Waals surface area contributed by atoms with Gasteiger partial charge < -0.3 is 15.8 Å². The molecule has 0 bridgehead atoms. The predicted octanol–water partition coefficient (Wildman–Crippen LogP) is 2.57. The van der Waals surface area contributed by atoms with E-state index in [1.165, 1.54) is 0 Å². The van der Waals surface area contributed by atoms with Crippen molar-refractivity contribution in [2.24, 2.45) is 5.73 Å². The maximum absolute atomic E-state index is 6.00. The SMILES string of the molecule is CCC1(CC)CC(Nc2nc(C)cc(C(N)=S)n2)CCO1. The van der Waals surface area contributed by atoms with Crippen LogP contribution in [-0.4, -0.2) is 33.2 Å². The molecule has 0 radical (unpaired) electrons. The van der Waals surface area contributed by atoms with Gasteiger partial charge in [0, 0.05) is 18.3 Å². The summed E-state index contributed by atoms with van der Waals surface area (Å²) in [6.07, 6.45) is 3.98. The predicted molar refractivity (Wildman–Crippen MR) is 88.6 cm³/mol. The van der Waals surface area contributed by atoms with Crippen LogP contribution in [0.2, 0.25) is 0 Å². The van der Waals surface area contributed by atoms with Crippen molar-refractivity contribution in [1.82, 2.24) is 9.97 Å². The van der Waals surface area contributed by atoms with Gasteiger partial charge in [0.25, 0.3) is 0 Å². The Balaban J connectivity index is 2.12. The Labute approximate surface area is 131 Å². The van der Waals surface area contributed by atoms with Crippen molar-refractivity contribution >= 4 is 23.2 Å². The number of hydrogen-bond donors (Lipinski definition) is 2. The third-order valence-electron chi connectivity index (χ3n) is 4.22. The lowest BCUT2D eigenvalue weighted by Crippen LogP contribution is -2.44. The molecule has 2 heterocycles.